The molecule has 22 heavy (non-hydrogen) atoms. The van der Waals surface area contributed by atoms with Crippen molar-refractivity contribution in [3.05, 3.63) is 22.5 Å². The van der Waals surface area contributed by atoms with E-state index >= 15 is 0 Å². The normalized spacial score (nSPS) is 21.3. The smallest absolute Gasteiger partial charge is 0.268 e. The highest BCUT2D eigenvalue weighted by molar-refractivity contribution is 7.12. The van der Waals surface area contributed by atoms with Gasteiger partial charge in [-0.3, -0.25) is 15.0 Å². The van der Waals surface area contributed by atoms with Gasteiger partial charge in [-0.1, -0.05) is 0 Å². The molecule has 1 aromatic heterocycles. The lowest BCUT2D eigenvalue weighted by Gasteiger charge is -2.28. The minimum atomic E-state index is -0.619. The number of nitrogens with two attached hydrogens (primary N) is 2. The third-order valence-electron chi connectivity index (χ3n) is 3.81. The molecule has 0 atom stereocenters. The number of guanidine groups is 1. The number of Topliss-reactive ketones (excluding diaryl/α,β-unsaturated/α-hetero) is 1. The summed E-state index contributed by atoms with van der Waals surface area (Å²) in [6.07, 6.45) is 6.26. The molecule has 2 rings (SSSR count). The van der Waals surface area contributed by atoms with E-state index < -0.39 is 5.91 Å². The van der Waals surface area contributed by atoms with Gasteiger partial charge in [0.2, 0.25) is 0 Å². The fourth-order valence-electron chi connectivity index (χ4n) is 2.62. The van der Waals surface area contributed by atoms with E-state index in [1.165, 1.54) is 5.38 Å². The molecule has 0 spiro atoms. The van der Waals surface area contributed by atoms with Crippen LogP contribution in [0.4, 0.5) is 0 Å². The molecule has 8 heteroatoms. The monoisotopic (exact) mass is 322 g/mol. The molecule has 1 saturated carbocycles. The van der Waals surface area contributed by atoms with Gasteiger partial charge in [-0.2, -0.15) is 0 Å². The minimum absolute atomic E-state index is 0.0132. The standard InChI is InChI=1S/C14H20N5O2S/c15-12(21)10-7-22-13(19-10)11(20)6-3-8-1-4-9(5-2-8)18-14(16)17/h6-9H,1-5H2,(H2,15,21)(H4,16,17,18). The molecule has 0 saturated heterocycles. The van der Waals surface area contributed by atoms with Crippen molar-refractivity contribution in [1.82, 2.24) is 10.3 Å². The SMILES string of the molecule is N=C(N)NC1CCC(C[CH]C(=O)c2nc(C(N)=O)cs2)CC1. The number of rotatable bonds is 6. The van der Waals surface area contributed by atoms with Crippen LogP contribution in [0, 0.1) is 17.7 Å². The molecule has 0 aromatic carbocycles. The molecule has 1 radical (unpaired) electrons. The van der Waals surface area contributed by atoms with E-state index in [1.807, 2.05) is 0 Å². The maximum atomic E-state index is 12.0. The van der Waals surface area contributed by atoms with Gasteiger partial charge in [0.25, 0.3) is 5.91 Å². The highest BCUT2D eigenvalue weighted by atomic mass is 32.1. The molecule has 0 aliphatic heterocycles. The average Bonchev–Trinajstić information content (AvgIpc) is 2.96. The fourth-order valence-corrected chi connectivity index (χ4v) is 3.37. The van der Waals surface area contributed by atoms with Gasteiger partial charge in [-0.25, -0.2) is 4.98 Å². The van der Waals surface area contributed by atoms with E-state index in [4.69, 9.17) is 16.9 Å². The molecule has 1 aromatic rings. The van der Waals surface area contributed by atoms with Crippen molar-refractivity contribution in [2.45, 2.75) is 38.1 Å². The first-order chi connectivity index (χ1) is 10.5. The van der Waals surface area contributed by atoms with E-state index in [0.29, 0.717) is 17.3 Å². The third kappa shape index (κ3) is 4.52. The third-order valence-corrected chi connectivity index (χ3v) is 4.67. The number of nitrogens with zero attached hydrogens (tertiary/aromatic N) is 1. The van der Waals surface area contributed by atoms with E-state index in [9.17, 15) is 9.59 Å². The number of carbonyl (C=O) groups is 2. The summed E-state index contributed by atoms with van der Waals surface area (Å²) < 4.78 is 0. The summed E-state index contributed by atoms with van der Waals surface area (Å²) in [4.78, 5) is 26.9. The summed E-state index contributed by atoms with van der Waals surface area (Å²) in [7, 11) is 0. The minimum Gasteiger partial charge on any atom is -0.370 e. The predicted octanol–water partition coefficient (Wildman–Crippen LogP) is 1.06. The topological polar surface area (TPSA) is 135 Å². The summed E-state index contributed by atoms with van der Waals surface area (Å²) in [5.74, 6) is -0.295. The first-order valence-electron chi connectivity index (χ1n) is 7.19. The number of ketones is 1. The van der Waals surface area contributed by atoms with Gasteiger partial charge in [0.15, 0.2) is 16.8 Å². The van der Waals surface area contributed by atoms with Crippen LogP contribution >= 0.6 is 11.3 Å². The van der Waals surface area contributed by atoms with Crippen LogP contribution < -0.4 is 16.8 Å². The predicted molar refractivity (Wildman–Crippen MR) is 84.7 cm³/mol. The first-order valence-corrected chi connectivity index (χ1v) is 8.07. The maximum absolute atomic E-state index is 12.0. The molecule has 0 bridgehead atoms. The van der Waals surface area contributed by atoms with Gasteiger partial charge in [-0.15, -0.1) is 11.3 Å². The van der Waals surface area contributed by atoms with Crippen LogP contribution in [0.1, 0.15) is 52.4 Å². The zero-order chi connectivity index (χ0) is 16.1. The number of hydrogen-bond donors (Lipinski definition) is 4. The molecular formula is C14H20N5O2S. The van der Waals surface area contributed by atoms with Crippen molar-refractivity contribution in [1.29, 1.82) is 5.41 Å². The van der Waals surface area contributed by atoms with Crippen LogP contribution in [0.2, 0.25) is 0 Å². The van der Waals surface area contributed by atoms with Crippen molar-refractivity contribution in [2.24, 2.45) is 17.4 Å². The largest absolute Gasteiger partial charge is 0.370 e. The van der Waals surface area contributed by atoms with Gasteiger partial charge in [0.1, 0.15) is 5.69 Å². The molecule has 119 valence electrons. The molecule has 1 amide bonds. The van der Waals surface area contributed by atoms with Gasteiger partial charge in [0, 0.05) is 17.8 Å². The Morgan fingerprint density at radius 1 is 1.36 bits per heavy atom. The Bertz CT molecular complexity index is 563. The second-order valence-corrected chi connectivity index (χ2v) is 6.34. The average molecular weight is 322 g/mol. The van der Waals surface area contributed by atoms with Crippen molar-refractivity contribution in [2.75, 3.05) is 0 Å². The number of thiazole rings is 1. The Morgan fingerprint density at radius 2 is 2.05 bits per heavy atom. The van der Waals surface area contributed by atoms with Crippen molar-refractivity contribution in [3.8, 4) is 0 Å². The van der Waals surface area contributed by atoms with Crippen LogP contribution in [-0.2, 0) is 0 Å². The number of primary amides is 1. The Balaban J connectivity index is 1.75. The van der Waals surface area contributed by atoms with Crippen molar-refractivity contribution in [3.63, 3.8) is 0 Å². The highest BCUT2D eigenvalue weighted by Crippen LogP contribution is 2.28. The molecule has 7 nitrogen and oxygen atoms in total. The van der Waals surface area contributed by atoms with E-state index in [0.717, 1.165) is 37.0 Å². The molecule has 0 unspecified atom stereocenters. The summed E-state index contributed by atoms with van der Waals surface area (Å²) in [5.41, 5.74) is 10.6. The quantitative estimate of drug-likeness (QED) is 0.353. The summed E-state index contributed by atoms with van der Waals surface area (Å²) in [6.45, 7) is 0. The first kappa shape index (κ1) is 16.4. The van der Waals surface area contributed by atoms with Crippen LogP contribution in [0.3, 0.4) is 0 Å². The molecule has 1 aliphatic carbocycles. The molecular weight excluding hydrogens is 302 g/mol. The Hall–Kier alpha value is -1.96. The fraction of sp³-hybridized carbons (Fsp3) is 0.500. The van der Waals surface area contributed by atoms with E-state index in [2.05, 4.69) is 10.3 Å². The van der Waals surface area contributed by atoms with Crippen LogP contribution in [-0.4, -0.2) is 28.7 Å². The number of nitrogens with one attached hydrogen (secondary N) is 2. The van der Waals surface area contributed by atoms with Gasteiger partial charge < -0.3 is 16.8 Å². The lowest BCUT2D eigenvalue weighted by atomic mass is 9.83. The summed E-state index contributed by atoms with van der Waals surface area (Å²) in [5, 5.41) is 12.0. The lowest BCUT2D eigenvalue weighted by molar-refractivity contribution is 0.0996. The van der Waals surface area contributed by atoms with E-state index in [1.54, 1.807) is 6.42 Å². The van der Waals surface area contributed by atoms with Gasteiger partial charge in [0.05, 0.1) is 0 Å². The summed E-state index contributed by atoms with van der Waals surface area (Å²) >= 11 is 1.14. The molecule has 1 heterocycles. The van der Waals surface area contributed by atoms with Crippen LogP contribution in [0.5, 0.6) is 0 Å². The van der Waals surface area contributed by atoms with Gasteiger partial charge in [-0.05, 0) is 38.0 Å². The Labute approximate surface area is 133 Å². The maximum Gasteiger partial charge on any atom is 0.268 e. The van der Waals surface area contributed by atoms with Crippen molar-refractivity contribution < 1.29 is 9.59 Å². The zero-order valence-corrected chi connectivity index (χ0v) is 13.0. The summed E-state index contributed by atoms with van der Waals surface area (Å²) in [6, 6.07) is 0.265. The number of carbonyl (C=O) groups excluding carboxylic acids is 2. The zero-order valence-electron chi connectivity index (χ0n) is 12.2. The second-order valence-electron chi connectivity index (χ2n) is 5.48. The number of amides is 1. The van der Waals surface area contributed by atoms with Crippen LogP contribution in [0.15, 0.2) is 5.38 Å². The second kappa shape index (κ2) is 7.35. The van der Waals surface area contributed by atoms with Crippen LogP contribution in [0.25, 0.3) is 0 Å². The van der Waals surface area contributed by atoms with Crippen molar-refractivity contribution >= 4 is 29.0 Å². The van der Waals surface area contributed by atoms with E-state index in [-0.39, 0.29) is 23.5 Å². The Morgan fingerprint density at radius 3 is 2.59 bits per heavy atom. The molecule has 6 N–H and O–H groups in total. The lowest BCUT2D eigenvalue weighted by Crippen LogP contribution is -2.41. The number of aromatic nitrogens is 1. The molecule has 1 fully saturated rings. The Kier molecular flexibility index (Phi) is 5.48. The number of hydrogen-bond acceptors (Lipinski definition) is 5. The molecule has 1 aliphatic rings. The highest BCUT2D eigenvalue weighted by Gasteiger charge is 2.23. The van der Waals surface area contributed by atoms with Gasteiger partial charge >= 0.3 is 0 Å².